The van der Waals surface area contributed by atoms with Crippen LogP contribution in [-0.4, -0.2) is 22.1 Å². The molecule has 0 N–H and O–H groups in total. The summed E-state index contributed by atoms with van der Waals surface area (Å²) < 4.78 is 0. The number of thioether (sulfide) groups is 1. The molecule has 132 valence electrons. The van der Waals surface area contributed by atoms with Crippen LogP contribution in [0.3, 0.4) is 0 Å². The summed E-state index contributed by atoms with van der Waals surface area (Å²) in [5, 5.41) is 13.7. The Bertz CT molecular complexity index is 957. The number of nitro benzene ring substituents is 1. The molecule has 0 atom stereocenters. The molecule has 0 aliphatic rings. The van der Waals surface area contributed by atoms with Gasteiger partial charge in [0.05, 0.1) is 21.2 Å². The monoisotopic (exact) mass is 385 g/mol. The molecule has 0 aliphatic heterocycles. The summed E-state index contributed by atoms with van der Waals surface area (Å²) in [5.74, 6) is -0.360. The number of nitro groups is 1. The van der Waals surface area contributed by atoms with Crippen LogP contribution < -0.4 is 4.90 Å². The maximum absolute atomic E-state index is 13.2. The Hall–Kier alpha value is -2.71. The number of nitrogens with zero attached hydrogens (tertiary/aromatic N) is 3. The van der Waals surface area contributed by atoms with E-state index in [1.165, 1.54) is 34.1 Å². The molecule has 26 heavy (non-hydrogen) atoms. The second-order valence-corrected chi connectivity index (χ2v) is 7.08. The molecule has 8 heteroatoms. The molecular formula is C18H15N3O3S2. The third kappa shape index (κ3) is 3.61. The fraction of sp³-hybridized carbons (Fsp3) is 0.111. The number of carbonyl (C=O) groups excluding carboxylic acids is 1. The first kappa shape index (κ1) is 18.1. The van der Waals surface area contributed by atoms with Crippen molar-refractivity contribution in [1.82, 2.24) is 4.98 Å². The molecule has 1 amide bonds. The molecule has 1 heterocycles. The normalized spacial score (nSPS) is 10.5. The van der Waals surface area contributed by atoms with Crippen molar-refractivity contribution in [3.63, 3.8) is 0 Å². The quantitative estimate of drug-likeness (QED) is 0.348. The van der Waals surface area contributed by atoms with Crippen molar-refractivity contribution in [3.8, 4) is 0 Å². The number of hydrogen-bond donors (Lipinski definition) is 0. The lowest BCUT2D eigenvalue weighted by atomic mass is 10.1. The largest absolute Gasteiger partial charge is 0.283 e. The van der Waals surface area contributed by atoms with E-state index in [0.717, 1.165) is 5.69 Å². The molecule has 0 unspecified atom stereocenters. The van der Waals surface area contributed by atoms with Crippen molar-refractivity contribution >= 4 is 45.5 Å². The van der Waals surface area contributed by atoms with E-state index in [2.05, 4.69) is 4.98 Å². The summed E-state index contributed by atoms with van der Waals surface area (Å²) in [6.45, 7) is 1.85. The van der Waals surface area contributed by atoms with E-state index in [4.69, 9.17) is 0 Å². The van der Waals surface area contributed by atoms with Crippen LogP contribution in [0.4, 0.5) is 16.5 Å². The Kier molecular flexibility index (Phi) is 5.34. The number of aromatic nitrogens is 1. The number of rotatable bonds is 5. The number of amides is 1. The smallest absolute Gasteiger partial charge is 0.268 e. The topological polar surface area (TPSA) is 76.3 Å². The molecule has 0 saturated carbocycles. The molecule has 2 aromatic carbocycles. The Balaban J connectivity index is 2.09. The first-order valence-electron chi connectivity index (χ1n) is 7.65. The van der Waals surface area contributed by atoms with Gasteiger partial charge in [0, 0.05) is 17.0 Å². The van der Waals surface area contributed by atoms with Gasteiger partial charge in [-0.2, -0.15) is 0 Å². The maximum Gasteiger partial charge on any atom is 0.283 e. The molecule has 0 bridgehead atoms. The van der Waals surface area contributed by atoms with Crippen molar-refractivity contribution < 1.29 is 9.72 Å². The first-order chi connectivity index (χ1) is 12.5. The fourth-order valence-electron chi connectivity index (χ4n) is 2.43. The van der Waals surface area contributed by atoms with E-state index in [9.17, 15) is 14.9 Å². The van der Waals surface area contributed by atoms with Gasteiger partial charge in [-0.25, -0.2) is 4.98 Å². The highest BCUT2D eigenvalue weighted by atomic mass is 32.2. The van der Waals surface area contributed by atoms with Crippen LogP contribution >= 0.6 is 23.1 Å². The van der Waals surface area contributed by atoms with Crippen LogP contribution in [0.25, 0.3) is 0 Å². The van der Waals surface area contributed by atoms with Gasteiger partial charge in [0.1, 0.15) is 0 Å². The number of benzene rings is 2. The lowest BCUT2D eigenvalue weighted by molar-refractivity contribution is -0.387. The number of carbonyl (C=O) groups is 1. The number of anilines is 2. The molecule has 0 saturated heterocycles. The summed E-state index contributed by atoms with van der Waals surface area (Å²) in [5.41, 5.74) is 1.63. The third-order valence-electron chi connectivity index (χ3n) is 3.64. The Morgan fingerprint density at radius 2 is 1.96 bits per heavy atom. The number of thiazole rings is 1. The second kappa shape index (κ2) is 7.67. The summed E-state index contributed by atoms with van der Waals surface area (Å²) in [6, 6.07) is 13.7. The van der Waals surface area contributed by atoms with Crippen molar-refractivity contribution in [2.24, 2.45) is 0 Å². The van der Waals surface area contributed by atoms with Gasteiger partial charge in [0.2, 0.25) is 0 Å². The molecule has 0 aliphatic carbocycles. The SMILES string of the molecule is CSc1ccc(C(=O)N(c2ccccc2)c2nc(C)cs2)cc1[N+](=O)[O-]. The minimum atomic E-state index is -0.469. The molecule has 6 nitrogen and oxygen atoms in total. The highest BCUT2D eigenvalue weighted by molar-refractivity contribution is 7.98. The Labute approximate surface area is 158 Å². The van der Waals surface area contributed by atoms with Crippen LogP contribution in [0.15, 0.2) is 58.8 Å². The van der Waals surface area contributed by atoms with E-state index in [1.807, 2.05) is 30.5 Å². The highest BCUT2D eigenvalue weighted by Gasteiger charge is 2.25. The van der Waals surface area contributed by atoms with Crippen LogP contribution in [0, 0.1) is 17.0 Å². The lowest BCUT2D eigenvalue weighted by Gasteiger charge is -2.20. The molecule has 3 aromatic rings. The molecule has 0 radical (unpaired) electrons. The van der Waals surface area contributed by atoms with Gasteiger partial charge in [-0.15, -0.1) is 23.1 Å². The molecule has 0 fully saturated rings. The van der Waals surface area contributed by atoms with Crippen LogP contribution in [-0.2, 0) is 0 Å². The van der Waals surface area contributed by atoms with E-state index in [0.29, 0.717) is 15.7 Å². The van der Waals surface area contributed by atoms with Crippen LogP contribution in [0.2, 0.25) is 0 Å². The van der Waals surface area contributed by atoms with E-state index in [-0.39, 0.29) is 17.2 Å². The van der Waals surface area contributed by atoms with Gasteiger partial charge in [0.15, 0.2) is 5.13 Å². The van der Waals surface area contributed by atoms with E-state index in [1.54, 1.807) is 30.5 Å². The number of hydrogen-bond acceptors (Lipinski definition) is 6. The summed E-state index contributed by atoms with van der Waals surface area (Å²) >= 11 is 2.62. The van der Waals surface area contributed by atoms with Crippen molar-refractivity contribution in [1.29, 1.82) is 0 Å². The standard InChI is InChI=1S/C18H15N3O3S2/c1-12-11-26-18(19-12)20(14-6-4-3-5-7-14)17(22)13-8-9-16(25-2)15(10-13)21(23)24/h3-11H,1-2H3. The minimum absolute atomic E-state index is 0.0771. The zero-order valence-corrected chi connectivity index (χ0v) is 15.7. The second-order valence-electron chi connectivity index (χ2n) is 5.39. The number of para-hydroxylation sites is 1. The van der Waals surface area contributed by atoms with Crippen molar-refractivity contribution in [2.75, 3.05) is 11.2 Å². The minimum Gasteiger partial charge on any atom is -0.268 e. The van der Waals surface area contributed by atoms with E-state index < -0.39 is 4.92 Å². The van der Waals surface area contributed by atoms with Crippen molar-refractivity contribution in [3.05, 3.63) is 75.3 Å². The molecular weight excluding hydrogens is 370 g/mol. The molecule has 3 rings (SSSR count). The Morgan fingerprint density at radius 1 is 1.23 bits per heavy atom. The van der Waals surface area contributed by atoms with E-state index >= 15 is 0 Å². The average molecular weight is 385 g/mol. The first-order valence-corrected chi connectivity index (χ1v) is 9.75. The van der Waals surface area contributed by atoms with Gasteiger partial charge in [-0.1, -0.05) is 18.2 Å². The van der Waals surface area contributed by atoms with Gasteiger partial charge in [0.25, 0.3) is 11.6 Å². The fourth-order valence-corrected chi connectivity index (χ4v) is 3.80. The van der Waals surface area contributed by atoms with Gasteiger partial charge < -0.3 is 0 Å². The zero-order chi connectivity index (χ0) is 18.7. The maximum atomic E-state index is 13.2. The highest BCUT2D eigenvalue weighted by Crippen LogP contribution is 2.33. The predicted octanol–water partition coefficient (Wildman–Crippen LogP) is 5.06. The van der Waals surface area contributed by atoms with Gasteiger partial charge in [-0.3, -0.25) is 19.8 Å². The predicted molar refractivity (Wildman–Crippen MR) is 105 cm³/mol. The summed E-state index contributed by atoms with van der Waals surface area (Å²) in [7, 11) is 0. The third-order valence-corrected chi connectivity index (χ3v) is 5.37. The number of aryl methyl sites for hydroxylation is 1. The Morgan fingerprint density at radius 3 is 2.54 bits per heavy atom. The summed E-state index contributed by atoms with van der Waals surface area (Å²) in [4.78, 5) is 30.5. The zero-order valence-electron chi connectivity index (χ0n) is 14.1. The molecule has 0 spiro atoms. The average Bonchev–Trinajstić information content (AvgIpc) is 3.08. The van der Waals surface area contributed by atoms with Gasteiger partial charge in [-0.05, 0) is 37.4 Å². The summed E-state index contributed by atoms with van der Waals surface area (Å²) in [6.07, 6.45) is 1.76. The van der Waals surface area contributed by atoms with Crippen LogP contribution in [0.5, 0.6) is 0 Å². The van der Waals surface area contributed by atoms with Crippen LogP contribution in [0.1, 0.15) is 16.1 Å². The van der Waals surface area contributed by atoms with Crippen molar-refractivity contribution in [2.45, 2.75) is 11.8 Å². The lowest BCUT2D eigenvalue weighted by Crippen LogP contribution is -2.26. The van der Waals surface area contributed by atoms with Gasteiger partial charge >= 0.3 is 0 Å². The molecule has 1 aromatic heterocycles.